The van der Waals surface area contributed by atoms with Crippen molar-refractivity contribution in [3.05, 3.63) is 48.0 Å². The normalized spacial score (nSPS) is 11.1. The molecule has 0 fully saturated rings. The quantitative estimate of drug-likeness (QED) is 0.0662. The number of unbranched alkanes of at least 4 members (excludes halogenated alkanes) is 10. The van der Waals surface area contributed by atoms with E-state index in [1.165, 1.54) is 25.7 Å². The lowest BCUT2D eigenvalue weighted by Crippen LogP contribution is -2.14. The molecular formula is C35H48O6. The highest BCUT2D eigenvalue weighted by molar-refractivity contribution is 6.12. The lowest BCUT2D eigenvalue weighted by Gasteiger charge is -2.17. The molecule has 0 heterocycles. The molecule has 6 heteroatoms. The topological polar surface area (TPSA) is 71.1 Å². The Labute approximate surface area is 245 Å². The van der Waals surface area contributed by atoms with Gasteiger partial charge in [-0.1, -0.05) is 121 Å². The summed E-state index contributed by atoms with van der Waals surface area (Å²) in [6, 6.07) is 13.5. The lowest BCUT2D eigenvalue weighted by atomic mass is 9.97. The summed E-state index contributed by atoms with van der Waals surface area (Å²) < 4.78 is 22.6. The largest absolute Gasteiger partial charge is 0.513 e. The van der Waals surface area contributed by atoms with Gasteiger partial charge in [-0.15, -0.1) is 0 Å². The van der Waals surface area contributed by atoms with Crippen LogP contribution >= 0.6 is 0 Å². The van der Waals surface area contributed by atoms with Crippen LogP contribution in [0.15, 0.2) is 42.5 Å². The maximum absolute atomic E-state index is 12.8. The Hall–Kier alpha value is -3.28. The van der Waals surface area contributed by atoms with Crippen LogP contribution in [-0.2, 0) is 15.9 Å². The predicted octanol–water partition coefficient (Wildman–Crippen LogP) is 10.7. The number of carbonyl (C=O) groups is 2. The van der Waals surface area contributed by atoms with Gasteiger partial charge in [-0.2, -0.15) is 0 Å². The van der Waals surface area contributed by atoms with Crippen LogP contribution in [0.4, 0.5) is 9.59 Å². The van der Waals surface area contributed by atoms with E-state index in [0.29, 0.717) is 46.3 Å². The molecule has 3 rings (SSSR count). The third kappa shape index (κ3) is 10.2. The van der Waals surface area contributed by atoms with E-state index in [1.807, 2.05) is 36.4 Å². The molecule has 6 nitrogen and oxygen atoms in total. The summed E-state index contributed by atoms with van der Waals surface area (Å²) in [5.41, 5.74) is 1.14. The number of fused-ring (bicyclic) bond motifs is 2. The van der Waals surface area contributed by atoms with Gasteiger partial charge in [0.15, 0.2) is 0 Å². The van der Waals surface area contributed by atoms with Crippen molar-refractivity contribution >= 4 is 33.9 Å². The Balaban J connectivity index is 1.88. The van der Waals surface area contributed by atoms with Crippen molar-refractivity contribution in [2.45, 2.75) is 111 Å². The third-order valence-corrected chi connectivity index (χ3v) is 7.36. The number of benzene rings is 3. The lowest BCUT2D eigenvalue weighted by molar-refractivity contribution is 0.0965. The minimum Gasteiger partial charge on any atom is -0.434 e. The molecule has 0 amide bonds. The molecule has 0 spiro atoms. The summed E-state index contributed by atoms with van der Waals surface area (Å²) >= 11 is 0. The average molecular weight is 565 g/mol. The fourth-order valence-corrected chi connectivity index (χ4v) is 5.05. The van der Waals surface area contributed by atoms with Gasteiger partial charge >= 0.3 is 12.3 Å². The van der Waals surface area contributed by atoms with Crippen LogP contribution in [-0.4, -0.2) is 25.5 Å². The Bertz CT molecular complexity index is 1230. The van der Waals surface area contributed by atoms with E-state index in [9.17, 15) is 9.59 Å². The van der Waals surface area contributed by atoms with E-state index < -0.39 is 12.3 Å². The molecule has 0 radical (unpaired) electrons. The summed E-state index contributed by atoms with van der Waals surface area (Å²) in [4.78, 5) is 25.6. The molecule has 0 saturated carbocycles. The van der Waals surface area contributed by atoms with E-state index in [-0.39, 0.29) is 0 Å². The third-order valence-electron chi connectivity index (χ3n) is 7.36. The van der Waals surface area contributed by atoms with Crippen LogP contribution in [0.25, 0.3) is 21.5 Å². The first-order valence-electron chi connectivity index (χ1n) is 15.8. The second kappa shape index (κ2) is 18.2. The molecule has 3 aromatic rings. The van der Waals surface area contributed by atoms with Crippen molar-refractivity contribution in [2.75, 3.05) is 13.2 Å². The van der Waals surface area contributed by atoms with Gasteiger partial charge in [0.2, 0.25) is 0 Å². The molecular weight excluding hydrogens is 516 g/mol. The van der Waals surface area contributed by atoms with Gasteiger partial charge in [-0.05, 0) is 37.3 Å². The summed E-state index contributed by atoms with van der Waals surface area (Å²) in [7, 11) is 0. The summed E-state index contributed by atoms with van der Waals surface area (Å²) in [5.74, 6) is 0.823. The molecule has 0 aromatic heterocycles. The van der Waals surface area contributed by atoms with Crippen molar-refractivity contribution in [3.63, 3.8) is 0 Å². The SMILES string of the molecule is CCCCCCCOC(=O)Oc1c2ccccc2c(OC(=O)OCCCCCCC)c2cc(CCCCC)ccc12. The number of hydrogen-bond acceptors (Lipinski definition) is 6. The summed E-state index contributed by atoms with van der Waals surface area (Å²) in [5, 5.41) is 2.74. The van der Waals surface area contributed by atoms with Crippen LogP contribution in [0.2, 0.25) is 0 Å². The highest BCUT2D eigenvalue weighted by atomic mass is 16.7. The van der Waals surface area contributed by atoms with Gasteiger partial charge in [-0.3, -0.25) is 0 Å². The number of rotatable bonds is 18. The molecule has 3 aromatic carbocycles. The highest BCUT2D eigenvalue weighted by Crippen LogP contribution is 2.43. The zero-order chi connectivity index (χ0) is 29.3. The predicted molar refractivity (Wildman–Crippen MR) is 166 cm³/mol. The fraction of sp³-hybridized carbons (Fsp3) is 0.543. The first-order valence-corrected chi connectivity index (χ1v) is 15.8. The smallest absolute Gasteiger partial charge is 0.434 e. The van der Waals surface area contributed by atoms with Crippen molar-refractivity contribution < 1.29 is 28.5 Å². The van der Waals surface area contributed by atoms with Crippen LogP contribution in [0, 0.1) is 0 Å². The van der Waals surface area contributed by atoms with E-state index in [1.54, 1.807) is 0 Å². The monoisotopic (exact) mass is 564 g/mol. The molecule has 0 N–H and O–H groups in total. The average Bonchev–Trinajstić information content (AvgIpc) is 2.98. The molecule has 0 aliphatic carbocycles. The molecule has 0 unspecified atom stereocenters. The zero-order valence-electron chi connectivity index (χ0n) is 25.3. The molecule has 0 saturated heterocycles. The van der Waals surface area contributed by atoms with E-state index in [0.717, 1.165) is 69.8 Å². The van der Waals surface area contributed by atoms with Gasteiger partial charge in [0.1, 0.15) is 11.5 Å². The van der Waals surface area contributed by atoms with Crippen molar-refractivity contribution in [1.29, 1.82) is 0 Å². The molecule has 0 aliphatic rings. The van der Waals surface area contributed by atoms with Crippen molar-refractivity contribution in [1.82, 2.24) is 0 Å². The Morgan fingerprint density at radius 3 is 1.54 bits per heavy atom. The van der Waals surface area contributed by atoms with Gasteiger partial charge in [-0.25, -0.2) is 9.59 Å². The molecule has 224 valence electrons. The van der Waals surface area contributed by atoms with Gasteiger partial charge in [0.25, 0.3) is 0 Å². The Morgan fingerprint density at radius 2 is 1.00 bits per heavy atom. The Morgan fingerprint density at radius 1 is 0.537 bits per heavy atom. The minimum atomic E-state index is -0.727. The van der Waals surface area contributed by atoms with Crippen LogP contribution in [0.5, 0.6) is 11.5 Å². The Kier molecular flexibility index (Phi) is 14.3. The van der Waals surface area contributed by atoms with Crippen LogP contribution in [0.1, 0.15) is 110 Å². The number of ether oxygens (including phenoxy) is 4. The summed E-state index contributed by atoms with van der Waals surface area (Å²) in [6.07, 6.45) is 13.4. The molecule has 41 heavy (non-hydrogen) atoms. The summed E-state index contributed by atoms with van der Waals surface area (Å²) in [6.45, 7) is 7.18. The maximum atomic E-state index is 12.8. The van der Waals surface area contributed by atoms with E-state index in [4.69, 9.17) is 18.9 Å². The van der Waals surface area contributed by atoms with Crippen LogP contribution in [0.3, 0.4) is 0 Å². The number of hydrogen-bond donors (Lipinski definition) is 0. The van der Waals surface area contributed by atoms with Crippen molar-refractivity contribution in [3.8, 4) is 11.5 Å². The minimum absolute atomic E-state index is 0.325. The van der Waals surface area contributed by atoms with E-state index in [2.05, 4.69) is 26.8 Å². The van der Waals surface area contributed by atoms with Gasteiger partial charge < -0.3 is 18.9 Å². The molecule has 0 bridgehead atoms. The van der Waals surface area contributed by atoms with Crippen LogP contribution < -0.4 is 9.47 Å². The first-order chi connectivity index (χ1) is 20.1. The van der Waals surface area contributed by atoms with E-state index >= 15 is 0 Å². The standard InChI is InChI=1S/C35H48O6/c1-4-7-10-12-17-24-38-34(36)40-32-28-20-15-16-21-29(28)33(41-35(37)39-25-18-13-11-8-5-2)31-26-27(19-14-9-6-3)22-23-30(31)32/h15-16,20-23,26H,4-14,17-19,24-25H2,1-3H3. The second-order valence-electron chi connectivity index (χ2n) is 10.8. The molecule has 0 aliphatic heterocycles. The highest BCUT2D eigenvalue weighted by Gasteiger charge is 2.21. The maximum Gasteiger partial charge on any atom is 0.513 e. The van der Waals surface area contributed by atoms with Crippen molar-refractivity contribution in [2.24, 2.45) is 0 Å². The number of carbonyl (C=O) groups excluding carboxylic acids is 2. The second-order valence-corrected chi connectivity index (χ2v) is 10.8. The van der Waals surface area contributed by atoms with Gasteiger partial charge in [0.05, 0.1) is 13.2 Å². The fourth-order valence-electron chi connectivity index (χ4n) is 5.05. The molecule has 0 atom stereocenters. The first kappa shape index (κ1) is 32.2. The number of aryl methyl sites for hydroxylation is 1. The zero-order valence-corrected chi connectivity index (χ0v) is 25.3. The van der Waals surface area contributed by atoms with Gasteiger partial charge in [0, 0.05) is 21.5 Å².